The fourth-order valence-electron chi connectivity index (χ4n) is 3.05. The van der Waals surface area contributed by atoms with Crippen molar-refractivity contribution in [2.24, 2.45) is 0 Å². The molecule has 3 rings (SSSR count). The summed E-state index contributed by atoms with van der Waals surface area (Å²) in [4.78, 5) is 27.7. The number of hydrogen-bond donors (Lipinski definition) is 1. The second kappa shape index (κ2) is 8.62. The molecule has 0 aliphatic carbocycles. The van der Waals surface area contributed by atoms with Crippen LogP contribution in [0, 0.1) is 11.6 Å². The van der Waals surface area contributed by atoms with E-state index in [1.807, 2.05) is 4.90 Å². The monoisotopic (exact) mass is 373 g/mol. The number of para-hydroxylation sites is 1. The van der Waals surface area contributed by atoms with Crippen molar-refractivity contribution in [3.8, 4) is 0 Å². The van der Waals surface area contributed by atoms with Crippen LogP contribution < -0.4 is 10.2 Å². The molecule has 0 aromatic heterocycles. The highest BCUT2D eigenvalue weighted by atomic mass is 19.1. The summed E-state index contributed by atoms with van der Waals surface area (Å²) < 4.78 is 26.7. The maximum Gasteiger partial charge on any atom is 0.312 e. The molecule has 2 amide bonds. The second-order valence-electron chi connectivity index (χ2n) is 6.36. The molecule has 1 fully saturated rings. The van der Waals surface area contributed by atoms with Crippen molar-refractivity contribution >= 4 is 17.5 Å². The standard InChI is InChI=1S/C20H21F2N3O2/c21-16-7-5-15(6-8-16)9-10-23-19(26)20(27)25-13-11-24(12-14-25)18-4-2-1-3-17(18)22/h1-8H,9-14H2,(H,23,26). The van der Waals surface area contributed by atoms with Crippen molar-refractivity contribution in [3.63, 3.8) is 0 Å². The summed E-state index contributed by atoms with van der Waals surface area (Å²) in [5.74, 6) is -1.85. The van der Waals surface area contributed by atoms with Crippen molar-refractivity contribution in [2.45, 2.75) is 6.42 Å². The van der Waals surface area contributed by atoms with Gasteiger partial charge >= 0.3 is 11.8 Å². The fraction of sp³-hybridized carbons (Fsp3) is 0.300. The van der Waals surface area contributed by atoms with E-state index in [0.717, 1.165) is 5.56 Å². The van der Waals surface area contributed by atoms with E-state index < -0.39 is 11.8 Å². The summed E-state index contributed by atoms with van der Waals surface area (Å²) in [6.45, 7) is 1.95. The maximum absolute atomic E-state index is 13.9. The molecule has 0 atom stereocenters. The van der Waals surface area contributed by atoms with E-state index in [2.05, 4.69) is 5.32 Å². The molecule has 1 N–H and O–H groups in total. The Balaban J connectivity index is 1.45. The van der Waals surface area contributed by atoms with E-state index in [4.69, 9.17) is 0 Å². The number of nitrogens with zero attached hydrogens (tertiary/aromatic N) is 2. The molecule has 1 aliphatic heterocycles. The highest BCUT2D eigenvalue weighted by molar-refractivity contribution is 6.35. The number of amides is 2. The first kappa shape index (κ1) is 18.8. The zero-order valence-electron chi connectivity index (χ0n) is 14.8. The molecule has 0 saturated carbocycles. The molecule has 0 spiro atoms. The molecule has 142 valence electrons. The maximum atomic E-state index is 13.9. The van der Waals surface area contributed by atoms with E-state index in [1.54, 1.807) is 30.3 Å². The van der Waals surface area contributed by atoms with Gasteiger partial charge < -0.3 is 15.1 Å². The van der Waals surface area contributed by atoms with E-state index >= 15 is 0 Å². The molecule has 0 bridgehead atoms. The lowest BCUT2D eigenvalue weighted by Crippen LogP contribution is -2.53. The van der Waals surface area contributed by atoms with Crippen LogP contribution in [-0.2, 0) is 16.0 Å². The van der Waals surface area contributed by atoms with Crippen LogP contribution in [0.15, 0.2) is 48.5 Å². The third-order valence-electron chi connectivity index (χ3n) is 4.57. The Labute approximate surface area is 156 Å². The Kier molecular flexibility index (Phi) is 6.01. The van der Waals surface area contributed by atoms with Gasteiger partial charge in [0.1, 0.15) is 11.6 Å². The predicted molar refractivity (Wildman–Crippen MR) is 98.3 cm³/mol. The summed E-state index contributed by atoms with van der Waals surface area (Å²) in [5.41, 5.74) is 1.39. The van der Waals surface area contributed by atoms with Crippen LogP contribution in [0.2, 0.25) is 0 Å². The van der Waals surface area contributed by atoms with E-state index in [1.165, 1.54) is 23.1 Å². The van der Waals surface area contributed by atoms with Crippen molar-refractivity contribution < 1.29 is 18.4 Å². The SMILES string of the molecule is O=C(NCCc1ccc(F)cc1)C(=O)N1CCN(c2ccccc2F)CC1. The number of carbonyl (C=O) groups is 2. The molecule has 1 aliphatic rings. The van der Waals surface area contributed by atoms with E-state index in [-0.39, 0.29) is 11.6 Å². The highest BCUT2D eigenvalue weighted by Crippen LogP contribution is 2.20. The lowest BCUT2D eigenvalue weighted by Gasteiger charge is -2.35. The summed E-state index contributed by atoms with van der Waals surface area (Å²) >= 11 is 0. The van der Waals surface area contributed by atoms with Gasteiger partial charge in [-0.3, -0.25) is 9.59 Å². The summed E-state index contributed by atoms with van der Waals surface area (Å²) in [7, 11) is 0. The van der Waals surface area contributed by atoms with Gasteiger partial charge in [-0.2, -0.15) is 0 Å². The van der Waals surface area contributed by atoms with Crippen LogP contribution in [0.5, 0.6) is 0 Å². The largest absolute Gasteiger partial charge is 0.366 e. The van der Waals surface area contributed by atoms with Crippen LogP contribution >= 0.6 is 0 Å². The van der Waals surface area contributed by atoms with Gasteiger partial charge in [0.2, 0.25) is 0 Å². The van der Waals surface area contributed by atoms with Crippen molar-refractivity contribution in [1.29, 1.82) is 0 Å². The van der Waals surface area contributed by atoms with Crippen molar-refractivity contribution in [2.75, 3.05) is 37.6 Å². The van der Waals surface area contributed by atoms with Gasteiger partial charge in [-0.05, 0) is 36.2 Å². The quantitative estimate of drug-likeness (QED) is 0.834. The molecule has 27 heavy (non-hydrogen) atoms. The minimum absolute atomic E-state index is 0.296. The first-order chi connectivity index (χ1) is 13.0. The van der Waals surface area contributed by atoms with E-state index in [9.17, 15) is 18.4 Å². The zero-order chi connectivity index (χ0) is 19.2. The molecular weight excluding hydrogens is 352 g/mol. The van der Waals surface area contributed by atoms with Gasteiger partial charge in [0.05, 0.1) is 5.69 Å². The molecule has 1 saturated heterocycles. The third kappa shape index (κ3) is 4.81. The average Bonchev–Trinajstić information content (AvgIpc) is 2.69. The smallest absolute Gasteiger partial charge is 0.312 e. The fourth-order valence-corrected chi connectivity index (χ4v) is 3.05. The molecule has 0 unspecified atom stereocenters. The van der Waals surface area contributed by atoms with Crippen molar-refractivity contribution in [1.82, 2.24) is 10.2 Å². The lowest BCUT2D eigenvalue weighted by atomic mass is 10.1. The van der Waals surface area contributed by atoms with Crippen LogP contribution in [0.1, 0.15) is 5.56 Å². The molecule has 1 heterocycles. The van der Waals surface area contributed by atoms with Gasteiger partial charge in [0.25, 0.3) is 0 Å². The Morgan fingerprint density at radius 2 is 1.59 bits per heavy atom. The van der Waals surface area contributed by atoms with Crippen LogP contribution in [-0.4, -0.2) is 49.4 Å². The molecule has 0 radical (unpaired) electrons. The Morgan fingerprint density at radius 3 is 2.26 bits per heavy atom. The van der Waals surface area contributed by atoms with Gasteiger partial charge in [-0.25, -0.2) is 8.78 Å². The number of hydrogen-bond acceptors (Lipinski definition) is 3. The topological polar surface area (TPSA) is 52.7 Å². The number of benzene rings is 2. The molecule has 2 aromatic rings. The second-order valence-corrected chi connectivity index (χ2v) is 6.36. The number of carbonyl (C=O) groups excluding carboxylic acids is 2. The van der Waals surface area contributed by atoms with Gasteiger partial charge in [0, 0.05) is 32.7 Å². The Bertz CT molecular complexity index is 803. The number of rotatable bonds is 4. The van der Waals surface area contributed by atoms with Gasteiger partial charge in [-0.1, -0.05) is 24.3 Å². The number of nitrogens with one attached hydrogen (secondary N) is 1. The third-order valence-corrected chi connectivity index (χ3v) is 4.57. The first-order valence-corrected chi connectivity index (χ1v) is 8.85. The molecular formula is C20H21F2N3O2. The minimum atomic E-state index is -0.656. The van der Waals surface area contributed by atoms with E-state index in [0.29, 0.717) is 44.8 Å². The van der Waals surface area contributed by atoms with Crippen molar-refractivity contribution in [3.05, 3.63) is 65.7 Å². The predicted octanol–water partition coefficient (Wildman–Crippen LogP) is 1.97. The molecule has 5 nitrogen and oxygen atoms in total. The Hall–Kier alpha value is -2.96. The van der Waals surface area contributed by atoms with Crippen LogP contribution in [0.25, 0.3) is 0 Å². The van der Waals surface area contributed by atoms with Gasteiger partial charge in [-0.15, -0.1) is 0 Å². The minimum Gasteiger partial charge on any atom is -0.366 e. The number of halogens is 2. The molecule has 2 aromatic carbocycles. The first-order valence-electron chi connectivity index (χ1n) is 8.85. The number of anilines is 1. The summed E-state index contributed by atoms with van der Waals surface area (Å²) in [6.07, 6.45) is 0.514. The number of piperazine rings is 1. The summed E-state index contributed by atoms with van der Waals surface area (Å²) in [5, 5.41) is 2.60. The van der Waals surface area contributed by atoms with Crippen LogP contribution in [0.3, 0.4) is 0 Å². The van der Waals surface area contributed by atoms with Gasteiger partial charge in [0.15, 0.2) is 0 Å². The Morgan fingerprint density at radius 1 is 0.926 bits per heavy atom. The lowest BCUT2D eigenvalue weighted by molar-refractivity contribution is -0.146. The summed E-state index contributed by atoms with van der Waals surface area (Å²) in [6, 6.07) is 12.5. The highest BCUT2D eigenvalue weighted by Gasteiger charge is 2.26. The normalized spacial score (nSPS) is 14.1. The zero-order valence-corrected chi connectivity index (χ0v) is 14.8. The van der Waals surface area contributed by atoms with Crippen LogP contribution in [0.4, 0.5) is 14.5 Å². The molecule has 7 heteroatoms. The average molecular weight is 373 g/mol.